The van der Waals surface area contributed by atoms with Crippen LogP contribution in [0.1, 0.15) is 0 Å². The monoisotopic (exact) mass is 246 g/mol. The minimum absolute atomic E-state index is 0.475. The molecule has 0 heterocycles. The Morgan fingerprint density at radius 1 is 1.06 bits per heavy atom. The molecule has 0 saturated heterocycles. The van der Waals surface area contributed by atoms with Crippen LogP contribution in [0, 0.1) is 20.2 Å². The Morgan fingerprint density at radius 2 is 1.50 bits per heavy atom. The van der Waals surface area contributed by atoms with Crippen molar-refractivity contribution in [2.45, 2.75) is 0 Å². The van der Waals surface area contributed by atoms with E-state index in [1.165, 1.54) is 0 Å². The number of hydrogen-bond acceptors (Lipinski definition) is 7. The molecule has 0 aliphatic carbocycles. The van der Waals surface area contributed by atoms with Gasteiger partial charge in [-0.2, -0.15) is 0 Å². The van der Waals surface area contributed by atoms with E-state index in [9.17, 15) is 29.7 Å². The van der Waals surface area contributed by atoms with Gasteiger partial charge in [-0.1, -0.05) is 0 Å². The summed E-state index contributed by atoms with van der Waals surface area (Å²) in [6.07, 6.45) is 0. The van der Waals surface area contributed by atoms with Gasteiger partial charge in [0.2, 0.25) is 5.75 Å². The van der Waals surface area contributed by atoms with Crippen molar-refractivity contribution in [2.75, 3.05) is 0 Å². The molecular formula is C6H3N2O7P. The average molecular weight is 246 g/mol. The lowest BCUT2D eigenvalue weighted by atomic mass is 10.2. The highest BCUT2D eigenvalue weighted by molar-refractivity contribution is 7.31. The van der Waals surface area contributed by atoms with Crippen molar-refractivity contribution < 1.29 is 23.8 Å². The van der Waals surface area contributed by atoms with Gasteiger partial charge in [0.05, 0.1) is 28.0 Å². The van der Waals surface area contributed by atoms with Crippen molar-refractivity contribution in [1.82, 2.24) is 0 Å². The first kappa shape index (κ1) is 12.0. The molecule has 0 fully saturated rings. The number of non-ortho nitro benzene ring substituents is 2. The summed E-state index contributed by atoms with van der Waals surface area (Å²) in [5, 5.41) is 20.8. The summed E-state index contributed by atoms with van der Waals surface area (Å²) < 4.78 is 14.3. The Balaban J connectivity index is 3.23. The molecule has 84 valence electrons. The summed E-state index contributed by atoms with van der Waals surface area (Å²) in [7, 11) is -3.29. The Morgan fingerprint density at radius 3 is 1.81 bits per heavy atom. The number of nitro groups is 2. The Kier molecular flexibility index (Phi) is 3.44. The predicted octanol–water partition coefficient (Wildman–Crippen LogP) is 0.899. The molecule has 9 nitrogen and oxygen atoms in total. The van der Waals surface area contributed by atoms with E-state index in [1.54, 1.807) is 0 Å². The van der Waals surface area contributed by atoms with Crippen LogP contribution in [0.15, 0.2) is 18.2 Å². The van der Waals surface area contributed by atoms with Gasteiger partial charge >= 0.3 is 8.25 Å². The number of rotatable bonds is 4. The molecule has 0 aromatic heterocycles. The van der Waals surface area contributed by atoms with E-state index < -0.39 is 35.2 Å². The van der Waals surface area contributed by atoms with Crippen molar-refractivity contribution in [3.63, 3.8) is 0 Å². The smallest absolute Gasteiger partial charge is 0.539 e. The molecule has 1 aromatic rings. The van der Waals surface area contributed by atoms with Gasteiger partial charge in [-0.05, 0) is 4.57 Å². The molecule has 1 atom stereocenters. The lowest BCUT2D eigenvalue weighted by molar-refractivity contribution is -0.394. The maximum atomic E-state index is 10.4. The largest absolute Gasteiger partial charge is 0.558 e. The first-order chi connectivity index (χ1) is 7.40. The summed E-state index contributed by atoms with van der Waals surface area (Å²) in [6, 6.07) is 2.25. The SMILES string of the molecule is O=[N+]([O-])c1cc(O[P+](=O)[O-])cc([N+](=O)[O-])c1. The molecule has 10 heteroatoms. The third kappa shape index (κ3) is 2.94. The van der Waals surface area contributed by atoms with E-state index in [4.69, 9.17) is 0 Å². The van der Waals surface area contributed by atoms with Crippen LogP contribution in [0.25, 0.3) is 0 Å². The normalized spacial score (nSPS) is 10.7. The van der Waals surface area contributed by atoms with Crippen LogP contribution in [0.3, 0.4) is 0 Å². The van der Waals surface area contributed by atoms with E-state index in [0.29, 0.717) is 6.07 Å². The summed E-state index contributed by atoms with van der Waals surface area (Å²) in [5.41, 5.74) is -1.25. The van der Waals surface area contributed by atoms with E-state index in [0.717, 1.165) is 12.1 Å². The quantitative estimate of drug-likeness (QED) is 0.437. The zero-order valence-corrected chi connectivity index (χ0v) is 8.33. The van der Waals surface area contributed by atoms with E-state index >= 15 is 0 Å². The first-order valence-corrected chi connectivity index (χ1v) is 4.76. The molecule has 0 aliphatic rings. The van der Waals surface area contributed by atoms with Gasteiger partial charge in [-0.15, -0.1) is 0 Å². The van der Waals surface area contributed by atoms with Crippen LogP contribution in [0.4, 0.5) is 11.4 Å². The van der Waals surface area contributed by atoms with Gasteiger partial charge in [-0.25, -0.2) is 0 Å². The zero-order chi connectivity index (χ0) is 12.3. The molecule has 0 aliphatic heterocycles. The van der Waals surface area contributed by atoms with Crippen LogP contribution in [-0.2, 0) is 4.57 Å². The lowest BCUT2D eigenvalue weighted by Crippen LogP contribution is -1.97. The van der Waals surface area contributed by atoms with E-state index in [2.05, 4.69) is 4.52 Å². The predicted molar refractivity (Wildman–Crippen MR) is 48.0 cm³/mol. The van der Waals surface area contributed by atoms with Gasteiger partial charge < -0.3 is 4.89 Å². The Labute approximate surface area is 88.5 Å². The summed E-state index contributed by atoms with van der Waals surface area (Å²) >= 11 is 0. The van der Waals surface area contributed by atoms with Gasteiger partial charge in [-0.3, -0.25) is 24.8 Å². The Bertz CT molecular complexity index is 442. The highest BCUT2D eigenvalue weighted by atomic mass is 31.1. The fourth-order valence-corrected chi connectivity index (χ4v) is 1.20. The molecule has 0 bridgehead atoms. The highest BCUT2D eigenvalue weighted by Crippen LogP contribution is 2.30. The molecule has 0 saturated carbocycles. The number of benzene rings is 1. The molecule has 16 heavy (non-hydrogen) atoms. The summed E-state index contributed by atoms with van der Waals surface area (Å²) in [6.45, 7) is 0. The molecule has 0 amide bonds. The fraction of sp³-hybridized carbons (Fsp3) is 0. The number of nitro benzene ring substituents is 2. The topological polar surface area (TPSA) is 136 Å². The second-order valence-electron chi connectivity index (χ2n) is 2.51. The maximum absolute atomic E-state index is 10.4. The van der Waals surface area contributed by atoms with Crippen LogP contribution in [-0.4, -0.2) is 9.85 Å². The van der Waals surface area contributed by atoms with Crippen LogP contribution in [0.2, 0.25) is 0 Å². The second kappa shape index (κ2) is 4.60. The van der Waals surface area contributed by atoms with Crippen LogP contribution < -0.4 is 9.42 Å². The van der Waals surface area contributed by atoms with Gasteiger partial charge in [0.1, 0.15) is 0 Å². The fourth-order valence-electron chi connectivity index (χ4n) is 0.918. The van der Waals surface area contributed by atoms with Crippen molar-refractivity contribution in [3.8, 4) is 5.75 Å². The first-order valence-electron chi connectivity index (χ1n) is 3.66. The molecule has 0 N–H and O–H groups in total. The maximum Gasteiger partial charge on any atom is 0.539 e. The van der Waals surface area contributed by atoms with Crippen molar-refractivity contribution >= 4 is 19.6 Å². The van der Waals surface area contributed by atoms with Gasteiger partial charge in [0, 0.05) is 0 Å². The lowest BCUT2D eigenvalue weighted by Gasteiger charge is -1.96. The van der Waals surface area contributed by atoms with Crippen molar-refractivity contribution in [2.24, 2.45) is 0 Å². The highest BCUT2D eigenvalue weighted by Gasteiger charge is 2.19. The minimum atomic E-state index is -3.29. The molecule has 1 rings (SSSR count). The van der Waals surface area contributed by atoms with Crippen LogP contribution in [0.5, 0.6) is 5.75 Å². The molecular weight excluding hydrogens is 243 g/mol. The molecule has 0 spiro atoms. The van der Waals surface area contributed by atoms with Crippen molar-refractivity contribution in [3.05, 3.63) is 38.4 Å². The number of nitrogens with zero attached hydrogens (tertiary/aromatic N) is 2. The van der Waals surface area contributed by atoms with E-state index in [-0.39, 0.29) is 0 Å². The third-order valence-corrected chi connectivity index (χ3v) is 1.84. The standard InChI is InChI=1S/C6H3N2O7P/c9-7(10)4-1-5(8(11)12)3-6(2-4)15-16(13)14/h1-3H. The molecule has 1 unspecified atom stereocenters. The minimum Gasteiger partial charge on any atom is -0.558 e. The number of hydrogen-bond donors (Lipinski definition) is 0. The second-order valence-corrected chi connectivity index (χ2v) is 3.14. The van der Waals surface area contributed by atoms with Crippen molar-refractivity contribution in [1.29, 1.82) is 0 Å². The molecule has 0 radical (unpaired) electrons. The third-order valence-electron chi connectivity index (χ3n) is 1.48. The summed E-state index contributed by atoms with van der Waals surface area (Å²) in [4.78, 5) is 29.2. The molecule has 1 aromatic carbocycles. The Hall–Kier alpha value is -2.12. The summed E-state index contributed by atoms with van der Waals surface area (Å²) in [5.74, 6) is -0.475. The average Bonchev–Trinajstić information content (AvgIpc) is 2.15. The van der Waals surface area contributed by atoms with Gasteiger partial charge in [0.15, 0.2) is 0 Å². The van der Waals surface area contributed by atoms with E-state index in [1.807, 2.05) is 0 Å². The zero-order valence-electron chi connectivity index (χ0n) is 7.43. The van der Waals surface area contributed by atoms with Gasteiger partial charge in [0.25, 0.3) is 11.4 Å². The van der Waals surface area contributed by atoms with Crippen LogP contribution >= 0.6 is 8.25 Å².